The zero-order valence-corrected chi connectivity index (χ0v) is 13.8. The van der Waals surface area contributed by atoms with Gasteiger partial charge in [-0.05, 0) is 62.7 Å². The SMILES string of the molecule is Cc1ccc2c(Nc3ccc(Br)cc3C)cc(C)nc2n1. The molecular weight excluding hydrogens is 326 g/mol. The number of aromatic nitrogens is 2. The maximum Gasteiger partial charge on any atom is 0.161 e. The molecule has 3 nitrogen and oxygen atoms in total. The van der Waals surface area contributed by atoms with E-state index >= 15 is 0 Å². The van der Waals surface area contributed by atoms with Crippen LogP contribution in [0.2, 0.25) is 0 Å². The molecule has 0 aliphatic heterocycles. The summed E-state index contributed by atoms with van der Waals surface area (Å²) in [6, 6.07) is 12.3. The van der Waals surface area contributed by atoms with Crippen molar-refractivity contribution >= 4 is 38.3 Å². The third-order valence-corrected chi connectivity index (χ3v) is 3.89. The molecule has 106 valence electrons. The lowest BCUT2D eigenvalue weighted by Crippen LogP contribution is -1.98. The first kappa shape index (κ1) is 14.0. The molecule has 0 radical (unpaired) electrons. The number of anilines is 2. The summed E-state index contributed by atoms with van der Waals surface area (Å²) in [7, 11) is 0. The molecule has 0 bridgehead atoms. The van der Waals surface area contributed by atoms with Crippen LogP contribution >= 0.6 is 15.9 Å². The molecule has 0 fully saturated rings. The Hall–Kier alpha value is -1.94. The standard InChI is InChI=1S/C17H16BrN3/c1-10-8-13(18)5-7-15(10)21-16-9-12(3)20-17-14(16)6-4-11(2)19-17/h4-9H,1-3H3,(H,19,20,21). The van der Waals surface area contributed by atoms with Gasteiger partial charge in [0.1, 0.15) is 0 Å². The molecule has 2 aromatic heterocycles. The first-order chi connectivity index (χ1) is 10.0. The van der Waals surface area contributed by atoms with E-state index in [2.05, 4.69) is 62.4 Å². The van der Waals surface area contributed by atoms with Crippen molar-refractivity contribution in [2.24, 2.45) is 0 Å². The van der Waals surface area contributed by atoms with Crippen LogP contribution in [0.15, 0.2) is 40.9 Å². The van der Waals surface area contributed by atoms with Gasteiger partial charge in [-0.3, -0.25) is 0 Å². The first-order valence-electron chi connectivity index (χ1n) is 6.81. The highest BCUT2D eigenvalue weighted by Gasteiger charge is 2.07. The highest BCUT2D eigenvalue weighted by Crippen LogP contribution is 2.28. The molecule has 1 N–H and O–H groups in total. The van der Waals surface area contributed by atoms with E-state index in [0.717, 1.165) is 38.3 Å². The quantitative estimate of drug-likeness (QED) is 0.707. The van der Waals surface area contributed by atoms with Gasteiger partial charge in [-0.1, -0.05) is 15.9 Å². The van der Waals surface area contributed by atoms with Gasteiger partial charge in [-0.25, -0.2) is 9.97 Å². The number of nitrogens with one attached hydrogen (secondary N) is 1. The van der Waals surface area contributed by atoms with E-state index in [0.29, 0.717) is 0 Å². The van der Waals surface area contributed by atoms with Crippen LogP contribution in [0.3, 0.4) is 0 Å². The van der Waals surface area contributed by atoms with Crippen molar-refractivity contribution in [3.05, 3.63) is 57.8 Å². The van der Waals surface area contributed by atoms with Gasteiger partial charge in [0.15, 0.2) is 5.65 Å². The van der Waals surface area contributed by atoms with E-state index in [-0.39, 0.29) is 0 Å². The van der Waals surface area contributed by atoms with Gasteiger partial charge in [0, 0.05) is 26.9 Å². The molecule has 0 amide bonds. The van der Waals surface area contributed by atoms with Gasteiger partial charge in [-0.2, -0.15) is 0 Å². The lowest BCUT2D eigenvalue weighted by molar-refractivity contribution is 1.16. The first-order valence-corrected chi connectivity index (χ1v) is 7.60. The van der Waals surface area contributed by atoms with Crippen LogP contribution in [-0.2, 0) is 0 Å². The normalized spacial score (nSPS) is 10.9. The van der Waals surface area contributed by atoms with Crippen LogP contribution in [0.5, 0.6) is 0 Å². The Bertz CT molecular complexity index is 822. The molecule has 0 unspecified atom stereocenters. The maximum atomic E-state index is 4.52. The van der Waals surface area contributed by atoms with Crippen molar-refractivity contribution in [2.75, 3.05) is 5.32 Å². The Morgan fingerprint density at radius 1 is 0.857 bits per heavy atom. The third kappa shape index (κ3) is 2.90. The Labute approximate surface area is 132 Å². The molecule has 2 heterocycles. The summed E-state index contributed by atoms with van der Waals surface area (Å²) in [6.45, 7) is 6.06. The molecule has 0 spiro atoms. The molecule has 0 saturated carbocycles. The third-order valence-electron chi connectivity index (χ3n) is 3.40. The largest absolute Gasteiger partial charge is 0.355 e. The highest BCUT2D eigenvalue weighted by atomic mass is 79.9. The second-order valence-corrected chi connectivity index (χ2v) is 6.13. The van der Waals surface area contributed by atoms with Gasteiger partial charge in [0.05, 0.1) is 5.69 Å². The van der Waals surface area contributed by atoms with E-state index in [1.54, 1.807) is 0 Å². The maximum absolute atomic E-state index is 4.52. The zero-order chi connectivity index (χ0) is 15.0. The van der Waals surface area contributed by atoms with Crippen LogP contribution in [0.25, 0.3) is 11.0 Å². The van der Waals surface area contributed by atoms with Gasteiger partial charge in [-0.15, -0.1) is 0 Å². The van der Waals surface area contributed by atoms with Crippen molar-refractivity contribution in [2.45, 2.75) is 20.8 Å². The molecular formula is C17H16BrN3. The minimum atomic E-state index is 0.785. The molecule has 21 heavy (non-hydrogen) atoms. The van der Waals surface area contributed by atoms with Gasteiger partial charge in [0.25, 0.3) is 0 Å². The number of hydrogen-bond donors (Lipinski definition) is 1. The summed E-state index contributed by atoms with van der Waals surface area (Å²) in [5.41, 5.74) is 6.03. The zero-order valence-electron chi connectivity index (χ0n) is 12.2. The lowest BCUT2D eigenvalue weighted by atomic mass is 10.1. The number of fused-ring (bicyclic) bond motifs is 1. The molecule has 3 aromatic rings. The van der Waals surface area contributed by atoms with E-state index in [9.17, 15) is 0 Å². The molecule has 0 aliphatic rings. The summed E-state index contributed by atoms with van der Waals surface area (Å²) in [5.74, 6) is 0. The Kier molecular flexibility index (Phi) is 3.64. The fourth-order valence-electron chi connectivity index (χ4n) is 2.34. The van der Waals surface area contributed by atoms with Crippen molar-refractivity contribution in [1.29, 1.82) is 0 Å². The monoisotopic (exact) mass is 341 g/mol. The number of halogens is 1. The number of aryl methyl sites for hydroxylation is 3. The molecule has 0 saturated heterocycles. The summed E-state index contributed by atoms with van der Waals surface area (Å²) in [5, 5.41) is 4.54. The van der Waals surface area contributed by atoms with E-state index < -0.39 is 0 Å². The minimum absolute atomic E-state index is 0.785. The molecule has 4 heteroatoms. The second-order valence-electron chi connectivity index (χ2n) is 5.22. The number of benzene rings is 1. The number of pyridine rings is 2. The summed E-state index contributed by atoms with van der Waals surface area (Å²) < 4.78 is 1.08. The predicted molar refractivity (Wildman–Crippen MR) is 91.2 cm³/mol. The summed E-state index contributed by atoms with van der Waals surface area (Å²) in [6.07, 6.45) is 0. The highest BCUT2D eigenvalue weighted by molar-refractivity contribution is 9.10. The molecule has 3 rings (SSSR count). The predicted octanol–water partition coefficient (Wildman–Crippen LogP) is 5.06. The van der Waals surface area contributed by atoms with Crippen molar-refractivity contribution in [3.63, 3.8) is 0 Å². The number of nitrogens with zero attached hydrogens (tertiary/aromatic N) is 2. The van der Waals surface area contributed by atoms with Gasteiger partial charge in [0.2, 0.25) is 0 Å². The van der Waals surface area contributed by atoms with Crippen molar-refractivity contribution < 1.29 is 0 Å². The smallest absolute Gasteiger partial charge is 0.161 e. The van der Waals surface area contributed by atoms with Gasteiger partial charge >= 0.3 is 0 Å². The Balaban J connectivity index is 2.11. The van der Waals surface area contributed by atoms with Crippen molar-refractivity contribution in [3.8, 4) is 0 Å². The van der Waals surface area contributed by atoms with Crippen molar-refractivity contribution in [1.82, 2.24) is 9.97 Å². The Morgan fingerprint density at radius 3 is 2.38 bits per heavy atom. The van der Waals surface area contributed by atoms with E-state index in [1.165, 1.54) is 5.56 Å². The molecule has 1 aromatic carbocycles. The minimum Gasteiger partial charge on any atom is -0.355 e. The average Bonchev–Trinajstić information content (AvgIpc) is 2.41. The fourth-order valence-corrected chi connectivity index (χ4v) is 2.82. The number of hydrogen-bond acceptors (Lipinski definition) is 3. The second kappa shape index (κ2) is 5.45. The van der Waals surface area contributed by atoms with Crippen LogP contribution in [0, 0.1) is 20.8 Å². The van der Waals surface area contributed by atoms with E-state index in [1.807, 2.05) is 26.0 Å². The van der Waals surface area contributed by atoms with Crippen LogP contribution < -0.4 is 5.32 Å². The topological polar surface area (TPSA) is 37.8 Å². The molecule has 0 aliphatic carbocycles. The van der Waals surface area contributed by atoms with Crippen LogP contribution in [0.4, 0.5) is 11.4 Å². The molecule has 0 atom stereocenters. The van der Waals surface area contributed by atoms with Crippen LogP contribution in [-0.4, -0.2) is 9.97 Å². The van der Waals surface area contributed by atoms with Crippen LogP contribution in [0.1, 0.15) is 17.0 Å². The summed E-state index contributed by atoms with van der Waals surface area (Å²) in [4.78, 5) is 9.03. The summed E-state index contributed by atoms with van der Waals surface area (Å²) >= 11 is 3.49. The van der Waals surface area contributed by atoms with Gasteiger partial charge < -0.3 is 5.32 Å². The average molecular weight is 342 g/mol. The van der Waals surface area contributed by atoms with E-state index in [4.69, 9.17) is 0 Å². The lowest BCUT2D eigenvalue weighted by Gasteiger charge is -2.13. The Morgan fingerprint density at radius 2 is 1.62 bits per heavy atom. The fraction of sp³-hybridized carbons (Fsp3) is 0.176. The number of rotatable bonds is 2.